The summed E-state index contributed by atoms with van der Waals surface area (Å²) in [5.41, 5.74) is 1.11. The van der Waals surface area contributed by atoms with Crippen LogP contribution in [0.25, 0.3) is 17.2 Å². The van der Waals surface area contributed by atoms with Crippen LogP contribution >= 0.6 is 0 Å². The number of hydrogen-bond acceptors (Lipinski definition) is 8. The Morgan fingerprint density at radius 1 is 1.11 bits per heavy atom. The zero-order valence-electron chi connectivity index (χ0n) is 20.9. The van der Waals surface area contributed by atoms with Crippen LogP contribution in [-0.2, 0) is 15.6 Å². The van der Waals surface area contributed by atoms with Crippen molar-refractivity contribution in [1.29, 1.82) is 0 Å². The van der Waals surface area contributed by atoms with Gasteiger partial charge in [0.15, 0.2) is 5.82 Å². The molecule has 0 unspecified atom stereocenters. The van der Waals surface area contributed by atoms with Gasteiger partial charge in [0.25, 0.3) is 5.95 Å². The van der Waals surface area contributed by atoms with Crippen LogP contribution < -0.4 is 0 Å². The zero-order valence-corrected chi connectivity index (χ0v) is 20.9. The molecule has 1 aromatic carbocycles. The summed E-state index contributed by atoms with van der Waals surface area (Å²) in [5, 5.41) is 23.3. The van der Waals surface area contributed by atoms with E-state index in [1.165, 1.54) is 22.9 Å². The first-order valence-corrected chi connectivity index (χ1v) is 12.6. The highest BCUT2D eigenvalue weighted by molar-refractivity contribution is 5.64. The third-order valence-corrected chi connectivity index (χ3v) is 8.91. The maximum Gasteiger partial charge on any atom is 0.252 e. The van der Waals surface area contributed by atoms with Crippen molar-refractivity contribution in [2.45, 2.75) is 43.4 Å². The van der Waals surface area contributed by atoms with Gasteiger partial charge in [-0.2, -0.15) is 9.78 Å². The fourth-order valence-corrected chi connectivity index (χ4v) is 6.70. The molecule has 7 rings (SSSR count). The highest BCUT2D eigenvalue weighted by atomic mass is 19.1. The van der Waals surface area contributed by atoms with Crippen molar-refractivity contribution in [1.82, 2.24) is 34.9 Å². The van der Waals surface area contributed by atoms with E-state index in [2.05, 4.69) is 39.1 Å². The van der Waals surface area contributed by atoms with Crippen molar-refractivity contribution in [2.75, 3.05) is 19.8 Å². The molecule has 4 heterocycles. The molecular formula is C27H25F2N7O2. The molecule has 3 aliphatic rings. The summed E-state index contributed by atoms with van der Waals surface area (Å²) in [6, 6.07) is 7.47. The van der Waals surface area contributed by atoms with Gasteiger partial charge in [0.2, 0.25) is 0 Å². The summed E-state index contributed by atoms with van der Waals surface area (Å²) in [4.78, 5) is 13.8. The van der Waals surface area contributed by atoms with Crippen LogP contribution in [0, 0.1) is 17.0 Å². The highest BCUT2D eigenvalue weighted by Crippen LogP contribution is 2.69. The first-order valence-electron chi connectivity index (χ1n) is 12.6. The van der Waals surface area contributed by atoms with E-state index in [1.807, 2.05) is 6.07 Å². The number of benzene rings is 1. The minimum Gasteiger partial charge on any atom is -0.395 e. The fourth-order valence-electron chi connectivity index (χ4n) is 6.70. The van der Waals surface area contributed by atoms with Gasteiger partial charge in [-0.3, -0.25) is 0 Å². The molecule has 2 atom stereocenters. The summed E-state index contributed by atoms with van der Waals surface area (Å²) in [6.45, 7) is 4.99. The van der Waals surface area contributed by atoms with Gasteiger partial charge in [-0.25, -0.2) is 23.7 Å². The number of hydrogen-bond donors (Lipinski definition) is 1. The van der Waals surface area contributed by atoms with Gasteiger partial charge in [0.05, 0.1) is 47.9 Å². The summed E-state index contributed by atoms with van der Waals surface area (Å²) < 4.78 is 35.9. The predicted molar refractivity (Wildman–Crippen MR) is 130 cm³/mol. The first-order chi connectivity index (χ1) is 18.3. The van der Waals surface area contributed by atoms with E-state index in [9.17, 15) is 13.9 Å². The average molecular weight is 518 g/mol. The predicted octanol–water partition coefficient (Wildman–Crippen LogP) is 3.26. The van der Waals surface area contributed by atoms with Gasteiger partial charge in [0.1, 0.15) is 23.4 Å². The number of aliphatic hydroxyl groups excluding tert-OH is 1. The van der Waals surface area contributed by atoms with E-state index in [4.69, 9.17) is 9.72 Å². The third kappa shape index (κ3) is 2.91. The number of halogens is 2. The fraction of sp³-hybridized carbons (Fsp3) is 0.407. The molecule has 2 bridgehead atoms. The number of nitrogens with zero attached hydrogens (tertiary/aromatic N) is 7. The smallest absolute Gasteiger partial charge is 0.252 e. The lowest BCUT2D eigenvalue weighted by atomic mass is 9.66. The molecule has 38 heavy (non-hydrogen) atoms. The molecule has 2 fully saturated rings. The van der Waals surface area contributed by atoms with Crippen molar-refractivity contribution < 1.29 is 18.6 Å². The van der Waals surface area contributed by atoms with Crippen LogP contribution in [0.1, 0.15) is 55.4 Å². The van der Waals surface area contributed by atoms with Gasteiger partial charge in [0, 0.05) is 6.20 Å². The molecule has 194 valence electrons. The quantitative estimate of drug-likeness (QED) is 0.430. The Balaban J connectivity index is 1.32. The molecule has 1 N–H and O–H groups in total. The molecule has 0 spiro atoms. The zero-order chi connectivity index (χ0) is 26.3. The number of ether oxygens (including phenoxy) is 1. The van der Waals surface area contributed by atoms with Crippen molar-refractivity contribution in [3.05, 3.63) is 77.3 Å². The maximum atomic E-state index is 14.5. The Hall–Kier alpha value is -3.70. The molecule has 4 aromatic rings. The molecule has 2 aliphatic carbocycles. The highest BCUT2D eigenvalue weighted by Gasteiger charge is 2.65. The maximum absolute atomic E-state index is 14.5. The van der Waals surface area contributed by atoms with E-state index in [1.54, 1.807) is 18.6 Å². The van der Waals surface area contributed by atoms with Gasteiger partial charge < -0.3 is 9.84 Å². The average Bonchev–Trinajstić information content (AvgIpc) is 3.52. The number of aliphatic hydroxyl groups is 1. The minimum atomic E-state index is -0.666. The van der Waals surface area contributed by atoms with Crippen LogP contribution in [0.2, 0.25) is 0 Å². The van der Waals surface area contributed by atoms with Gasteiger partial charge in [-0.05, 0) is 54.0 Å². The Morgan fingerprint density at radius 2 is 1.89 bits per heavy atom. The van der Waals surface area contributed by atoms with Crippen molar-refractivity contribution in [2.24, 2.45) is 5.41 Å². The monoisotopic (exact) mass is 517 g/mol. The molecule has 9 nitrogen and oxygen atoms in total. The number of fused-ring (bicyclic) bond motifs is 5. The standard InChI is InChI=1S/C27H25F2N7O2/c1-25(2)16-6-8-27(25,22-15(16)10-19(33-34-22)21-17(28)4-3-5-18(21)29)20-7-9-30-24(32-20)36-14-31-23(35-36)26(11-37)12-38-13-26/h3-5,7,9-10,14,16,37H,6,8,11-13H2,1-2H3/t16-,27-/m0/s1. The minimum absolute atomic E-state index is 0.106. The number of aromatic nitrogens is 7. The van der Waals surface area contributed by atoms with Gasteiger partial charge >= 0.3 is 0 Å². The molecule has 3 aromatic heterocycles. The summed E-state index contributed by atoms with van der Waals surface area (Å²) in [5.74, 6) is -0.360. The molecular weight excluding hydrogens is 492 g/mol. The lowest BCUT2D eigenvalue weighted by Gasteiger charge is -2.37. The van der Waals surface area contributed by atoms with Crippen LogP contribution in [0.5, 0.6) is 0 Å². The second-order valence-electron chi connectivity index (χ2n) is 11.0. The van der Waals surface area contributed by atoms with Crippen molar-refractivity contribution in [3.8, 4) is 17.2 Å². The first kappa shape index (κ1) is 23.4. The van der Waals surface area contributed by atoms with E-state index in [0.717, 1.165) is 29.8 Å². The Bertz CT molecular complexity index is 1560. The van der Waals surface area contributed by atoms with Crippen LogP contribution in [0.3, 0.4) is 0 Å². The van der Waals surface area contributed by atoms with E-state index in [-0.39, 0.29) is 29.2 Å². The Kier molecular flexibility index (Phi) is 4.87. The lowest BCUT2D eigenvalue weighted by Crippen LogP contribution is -2.50. The SMILES string of the molecule is CC1(C)[C@H]2CC[C@]1(c1ccnc(-n3cnc(C4(CO)COC4)n3)n1)c1nnc(-c3c(F)cccc3F)cc12. The van der Waals surface area contributed by atoms with E-state index in [0.29, 0.717) is 25.0 Å². The molecule has 0 amide bonds. The summed E-state index contributed by atoms with van der Waals surface area (Å²) in [6.07, 6.45) is 4.93. The van der Waals surface area contributed by atoms with E-state index >= 15 is 0 Å². The van der Waals surface area contributed by atoms with Crippen LogP contribution in [-0.4, -0.2) is 59.9 Å². The van der Waals surface area contributed by atoms with Crippen molar-refractivity contribution in [3.63, 3.8) is 0 Å². The van der Waals surface area contributed by atoms with Crippen LogP contribution in [0.4, 0.5) is 8.78 Å². The topological polar surface area (TPSA) is 112 Å². The summed E-state index contributed by atoms with van der Waals surface area (Å²) in [7, 11) is 0. The second-order valence-corrected chi connectivity index (χ2v) is 11.0. The van der Waals surface area contributed by atoms with Crippen molar-refractivity contribution >= 4 is 0 Å². The summed E-state index contributed by atoms with van der Waals surface area (Å²) >= 11 is 0. The molecule has 1 aliphatic heterocycles. The van der Waals surface area contributed by atoms with Gasteiger partial charge in [-0.1, -0.05) is 19.9 Å². The van der Waals surface area contributed by atoms with Gasteiger partial charge in [-0.15, -0.1) is 10.2 Å². The normalized spacial score (nSPS) is 24.3. The molecule has 0 radical (unpaired) electrons. The third-order valence-electron chi connectivity index (χ3n) is 8.91. The second kappa shape index (κ2) is 7.90. The van der Waals surface area contributed by atoms with E-state index < -0.39 is 22.5 Å². The Morgan fingerprint density at radius 3 is 2.61 bits per heavy atom. The van der Waals surface area contributed by atoms with Crippen LogP contribution in [0.15, 0.2) is 42.9 Å². The molecule has 11 heteroatoms. The largest absolute Gasteiger partial charge is 0.395 e. The Labute approximate surface area is 217 Å². The lowest BCUT2D eigenvalue weighted by molar-refractivity contribution is -0.0883. The number of rotatable bonds is 5. The molecule has 1 saturated heterocycles. The molecule has 1 saturated carbocycles.